The molecule has 0 spiro atoms. The van der Waals surface area contributed by atoms with E-state index >= 15 is 0 Å². The lowest BCUT2D eigenvalue weighted by atomic mass is 10.0. The summed E-state index contributed by atoms with van der Waals surface area (Å²) in [6, 6.07) is 9.04. The maximum Gasteiger partial charge on any atom is 0.168 e. The van der Waals surface area contributed by atoms with E-state index in [9.17, 15) is 4.39 Å². The largest absolute Gasteiger partial charge is 0.487 e. The molecule has 0 radical (unpaired) electrons. The van der Waals surface area contributed by atoms with Gasteiger partial charge in [0.1, 0.15) is 18.0 Å². The summed E-state index contributed by atoms with van der Waals surface area (Å²) in [5.41, 5.74) is 2.35. The SMILES string of the molecule is CCCc1cccc(OCc2cc(Cl)cc3c2OC(C)(C)C3)c1F. The number of fused-ring (bicyclic) bond motifs is 1. The molecule has 0 saturated heterocycles. The summed E-state index contributed by atoms with van der Waals surface area (Å²) in [7, 11) is 0. The monoisotopic (exact) mass is 348 g/mol. The summed E-state index contributed by atoms with van der Waals surface area (Å²) in [6.45, 7) is 6.34. The minimum atomic E-state index is -0.278. The molecule has 0 aromatic heterocycles. The molecular formula is C20H22ClFO2. The molecule has 1 aliphatic rings. The fourth-order valence-corrected chi connectivity index (χ4v) is 3.40. The molecule has 0 unspecified atom stereocenters. The van der Waals surface area contributed by atoms with Gasteiger partial charge in [0.25, 0.3) is 0 Å². The second-order valence-corrected chi connectivity index (χ2v) is 7.30. The molecule has 0 atom stereocenters. The second kappa shape index (κ2) is 6.64. The van der Waals surface area contributed by atoms with Crippen LogP contribution in [0.4, 0.5) is 4.39 Å². The minimum absolute atomic E-state index is 0.228. The van der Waals surface area contributed by atoms with Crippen molar-refractivity contribution in [2.24, 2.45) is 0 Å². The number of hydrogen-bond acceptors (Lipinski definition) is 2. The Morgan fingerprint density at radius 3 is 2.79 bits per heavy atom. The molecule has 0 bridgehead atoms. The Morgan fingerprint density at radius 1 is 1.25 bits per heavy atom. The summed E-state index contributed by atoms with van der Waals surface area (Å²) in [4.78, 5) is 0. The van der Waals surface area contributed by atoms with E-state index in [1.165, 1.54) is 0 Å². The summed E-state index contributed by atoms with van der Waals surface area (Å²) >= 11 is 6.22. The molecule has 2 aromatic rings. The van der Waals surface area contributed by atoms with E-state index in [-0.39, 0.29) is 23.8 Å². The smallest absolute Gasteiger partial charge is 0.168 e. The summed E-state index contributed by atoms with van der Waals surface area (Å²) in [5, 5.41) is 0.647. The lowest BCUT2D eigenvalue weighted by molar-refractivity contribution is 0.135. The van der Waals surface area contributed by atoms with Gasteiger partial charge >= 0.3 is 0 Å². The summed E-state index contributed by atoms with van der Waals surface area (Å²) in [6.07, 6.45) is 2.40. The van der Waals surface area contributed by atoms with Crippen molar-refractivity contribution < 1.29 is 13.9 Å². The van der Waals surface area contributed by atoms with Crippen molar-refractivity contribution in [1.29, 1.82) is 0 Å². The molecule has 1 heterocycles. The van der Waals surface area contributed by atoms with Crippen LogP contribution in [0.2, 0.25) is 5.02 Å². The van der Waals surface area contributed by atoms with Gasteiger partial charge in [0.15, 0.2) is 11.6 Å². The zero-order chi connectivity index (χ0) is 17.3. The molecule has 128 valence electrons. The van der Waals surface area contributed by atoms with E-state index in [0.29, 0.717) is 17.0 Å². The van der Waals surface area contributed by atoms with Crippen molar-refractivity contribution >= 4 is 11.6 Å². The zero-order valence-electron chi connectivity index (χ0n) is 14.3. The van der Waals surface area contributed by atoms with Crippen molar-refractivity contribution in [2.75, 3.05) is 0 Å². The highest BCUT2D eigenvalue weighted by Gasteiger charge is 2.32. The van der Waals surface area contributed by atoms with E-state index in [1.54, 1.807) is 12.1 Å². The Balaban J connectivity index is 1.83. The quantitative estimate of drug-likeness (QED) is 0.687. The first-order chi connectivity index (χ1) is 11.4. The molecule has 0 N–H and O–H groups in total. The van der Waals surface area contributed by atoms with E-state index in [4.69, 9.17) is 21.1 Å². The van der Waals surface area contributed by atoms with Crippen molar-refractivity contribution in [3.8, 4) is 11.5 Å². The predicted molar refractivity (Wildman–Crippen MR) is 94.6 cm³/mol. The lowest BCUT2D eigenvalue weighted by Gasteiger charge is -2.18. The Morgan fingerprint density at radius 2 is 2.04 bits per heavy atom. The molecule has 24 heavy (non-hydrogen) atoms. The number of rotatable bonds is 5. The highest BCUT2D eigenvalue weighted by molar-refractivity contribution is 6.30. The third kappa shape index (κ3) is 3.51. The van der Waals surface area contributed by atoms with Crippen LogP contribution in [0.5, 0.6) is 11.5 Å². The maximum absolute atomic E-state index is 14.5. The third-order valence-electron chi connectivity index (χ3n) is 4.15. The fraction of sp³-hybridized carbons (Fsp3) is 0.400. The van der Waals surface area contributed by atoms with Gasteiger partial charge in [-0.1, -0.05) is 37.1 Å². The molecule has 0 amide bonds. The molecule has 3 rings (SSSR count). The number of hydrogen-bond donors (Lipinski definition) is 0. The molecule has 2 nitrogen and oxygen atoms in total. The Bertz CT molecular complexity index is 756. The standard InChI is InChI=1S/C20H22ClFO2/c1-4-6-13-7-5-8-17(18(13)22)23-12-15-10-16(21)9-14-11-20(2,3)24-19(14)15/h5,7-10H,4,6,11-12H2,1-3H3. The Labute approximate surface area is 147 Å². The van der Waals surface area contributed by atoms with Crippen LogP contribution in [0, 0.1) is 5.82 Å². The highest BCUT2D eigenvalue weighted by Crippen LogP contribution is 2.40. The molecule has 0 fully saturated rings. The van der Waals surface area contributed by atoms with Crippen LogP contribution in [0.3, 0.4) is 0 Å². The molecule has 0 saturated carbocycles. The third-order valence-corrected chi connectivity index (χ3v) is 4.37. The average Bonchev–Trinajstić information content (AvgIpc) is 2.82. The van der Waals surface area contributed by atoms with Gasteiger partial charge in [-0.2, -0.15) is 0 Å². The van der Waals surface area contributed by atoms with Crippen LogP contribution in [-0.4, -0.2) is 5.60 Å². The summed E-state index contributed by atoms with van der Waals surface area (Å²) < 4.78 is 26.2. The van der Waals surface area contributed by atoms with Gasteiger partial charge in [-0.15, -0.1) is 0 Å². The lowest BCUT2D eigenvalue weighted by Crippen LogP contribution is -2.25. The van der Waals surface area contributed by atoms with Crippen molar-refractivity contribution in [3.63, 3.8) is 0 Å². The van der Waals surface area contributed by atoms with Crippen molar-refractivity contribution in [1.82, 2.24) is 0 Å². The van der Waals surface area contributed by atoms with Crippen LogP contribution in [-0.2, 0) is 19.4 Å². The van der Waals surface area contributed by atoms with Gasteiger partial charge in [0, 0.05) is 17.0 Å². The molecule has 0 aliphatic carbocycles. The van der Waals surface area contributed by atoms with E-state index < -0.39 is 0 Å². The number of halogens is 2. The van der Waals surface area contributed by atoms with Gasteiger partial charge < -0.3 is 9.47 Å². The predicted octanol–water partition coefficient (Wildman–Crippen LogP) is 5.72. The molecule has 4 heteroatoms. The summed E-state index contributed by atoms with van der Waals surface area (Å²) in [5.74, 6) is 0.806. The first-order valence-corrected chi connectivity index (χ1v) is 8.68. The molecule has 2 aromatic carbocycles. The molecule has 1 aliphatic heterocycles. The second-order valence-electron chi connectivity index (χ2n) is 6.86. The number of aryl methyl sites for hydroxylation is 1. The van der Waals surface area contributed by atoms with Gasteiger partial charge in [0.2, 0.25) is 0 Å². The Kier molecular flexibility index (Phi) is 4.73. The fourth-order valence-electron chi connectivity index (χ4n) is 3.14. The molecular weight excluding hydrogens is 327 g/mol. The van der Waals surface area contributed by atoms with Gasteiger partial charge in [-0.05, 0) is 49.6 Å². The topological polar surface area (TPSA) is 18.5 Å². The minimum Gasteiger partial charge on any atom is -0.487 e. The van der Waals surface area contributed by atoms with Crippen LogP contribution in [0.25, 0.3) is 0 Å². The Hall–Kier alpha value is -1.74. The average molecular weight is 349 g/mol. The van der Waals surface area contributed by atoms with E-state index in [1.807, 2.05) is 39.0 Å². The first kappa shape index (κ1) is 17.1. The van der Waals surface area contributed by atoms with Crippen LogP contribution >= 0.6 is 11.6 Å². The van der Waals surface area contributed by atoms with Crippen LogP contribution in [0.15, 0.2) is 30.3 Å². The maximum atomic E-state index is 14.5. The number of benzene rings is 2. The van der Waals surface area contributed by atoms with E-state index in [0.717, 1.165) is 29.7 Å². The van der Waals surface area contributed by atoms with Crippen molar-refractivity contribution in [3.05, 3.63) is 57.9 Å². The first-order valence-electron chi connectivity index (χ1n) is 8.30. The van der Waals surface area contributed by atoms with Crippen molar-refractivity contribution in [2.45, 2.75) is 52.2 Å². The van der Waals surface area contributed by atoms with Gasteiger partial charge in [0.05, 0.1) is 0 Å². The van der Waals surface area contributed by atoms with E-state index in [2.05, 4.69) is 0 Å². The zero-order valence-corrected chi connectivity index (χ0v) is 15.0. The number of ether oxygens (including phenoxy) is 2. The normalized spacial score (nSPS) is 15.0. The van der Waals surface area contributed by atoms with Crippen LogP contribution < -0.4 is 9.47 Å². The van der Waals surface area contributed by atoms with Gasteiger partial charge in [-0.25, -0.2) is 4.39 Å². The van der Waals surface area contributed by atoms with Crippen LogP contribution in [0.1, 0.15) is 43.9 Å². The highest BCUT2D eigenvalue weighted by atomic mass is 35.5. The van der Waals surface area contributed by atoms with Gasteiger partial charge in [-0.3, -0.25) is 0 Å².